The number of imidazole rings is 1. The molecule has 2 aromatic heterocycles. The van der Waals surface area contributed by atoms with Crippen LogP contribution in [0, 0.1) is 0 Å². The predicted molar refractivity (Wildman–Crippen MR) is 82.3 cm³/mol. The Labute approximate surface area is 143 Å². The lowest BCUT2D eigenvalue weighted by molar-refractivity contribution is -0.0483. The average molecular weight is 391 g/mol. The molecule has 0 saturated carbocycles. The van der Waals surface area contributed by atoms with E-state index < -0.39 is 50.0 Å². The molecule has 1 aliphatic rings. The monoisotopic (exact) mass is 391 g/mol. The first-order chi connectivity index (χ1) is 12.1. The SMILES string of the molecule is Nc1nc2c(ncn2C2O[C@H](COP(=O)(O)C(=O)O)[C@@H](O)[C@H]2O)c(=O)[nH]1. The zero-order chi connectivity index (χ0) is 19.2. The normalized spacial score (nSPS) is 28.3. The molecule has 1 saturated heterocycles. The largest absolute Gasteiger partial charge is 0.472 e. The van der Waals surface area contributed by atoms with Crippen LogP contribution in [0.1, 0.15) is 6.23 Å². The number of aromatic amines is 1. The number of aliphatic hydroxyl groups is 2. The molecule has 0 spiro atoms. The minimum absolute atomic E-state index is 0.0255. The van der Waals surface area contributed by atoms with Gasteiger partial charge in [-0.2, -0.15) is 4.98 Å². The first kappa shape index (κ1) is 18.4. The van der Waals surface area contributed by atoms with Crippen molar-refractivity contribution < 1.29 is 38.8 Å². The highest BCUT2D eigenvalue weighted by Gasteiger charge is 2.46. The van der Waals surface area contributed by atoms with E-state index >= 15 is 0 Å². The van der Waals surface area contributed by atoms with Crippen LogP contribution in [0.3, 0.4) is 0 Å². The summed E-state index contributed by atoms with van der Waals surface area (Å²) in [6.07, 6.45) is -4.60. The lowest BCUT2D eigenvalue weighted by Gasteiger charge is -2.16. The highest BCUT2D eigenvalue weighted by molar-refractivity contribution is 7.70. The maximum Gasteiger partial charge on any atom is 0.435 e. The number of nitrogens with two attached hydrogens (primary N) is 1. The Balaban J connectivity index is 1.86. The van der Waals surface area contributed by atoms with Gasteiger partial charge in [0.15, 0.2) is 17.4 Å². The van der Waals surface area contributed by atoms with E-state index in [0.717, 1.165) is 10.9 Å². The molecule has 5 atom stereocenters. The molecule has 2 aromatic rings. The first-order valence-electron chi connectivity index (χ1n) is 7.06. The number of nitrogens with one attached hydrogen (secondary N) is 1. The zero-order valence-electron chi connectivity index (χ0n) is 12.8. The van der Waals surface area contributed by atoms with Gasteiger partial charge in [0, 0.05) is 0 Å². The molecule has 142 valence electrons. The summed E-state index contributed by atoms with van der Waals surface area (Å²) in [5.41, 5.74) is 2.66. The molecule has 1 fully saturated rings. The average Bonchev–Trinajstić information content (AvgIpc) is 3.08. The Morgan fingerprint density at radius 2 is 2.15 bits per heavy atom. The molecule has 26 heavy (non-hydrogen) atoms. The number of nitrogen functional groups attached to an aromatic ring is 1. The van der Waals surface area contributed by atoms with Crippen LogP contribution in [0.15, 0.2) is 11.1 Å². The predicted octanol–water partition coefficient (Wildman–Crippen LogP) is -1.80. The summed E-state index contributed by atoms with van der Waals surface area (Å²) in [6.45, 7) is -0.780. The number of rotatable bonds is 5. The fraction of sp³-hybridized carbons (Fsp3) is 0.455. The number of H-pyrrole nitrogens is 1. The van der Waals surface area contributed by atoms with Crippen LogP contribution in [0.2, 0.25) is 0 Å². The molecule has 14 nitrogen and oxygen atoms in total. The highest BCUT2D eigenvalue weighted by Crippen LogP contribution is 2.43. The van der Waals surface area contributed by atoms with E-state index in [9.17, 15) is 24.4 Å². The Morgan fingerprint density at radius 3 is 2.81 bits per heavy atom. The van der Waals surface area contributed by atoms with Crippen molar-refractivity contribution >= 4 is 30.4 Å². The van der Waals surface area contributed by atoms with Crippen molar-refractivity contribution in [1.29, 1.82) is 0 Å². The van der Waals surface area contributed by atoms with Gasteiger partial charge in [0.2, 0.25) is 5.95 Å². The fourth-order valence-corrected chi connectivity index (χ4v) is 2.92. The number of hydrogen-bond acceptors (Lipinski definition) is 10. The van der Waals surface area contributed by atoms with Gasteiger partial charge in [0.05, 0.1) is 12.9 Å². The number of aromatic nitrogens is 4. The maximum absolute atomic E-state index is 11.8. The van der Waals surface area contributed by atoms with Crippen molar-refractivity contribution in [3.63, 3.8) is 0 Å². The molecular formula is C11H14N5O9P. The molecule has 3 rings (SSSR count). The summed E-state index contributed by atoms with van der Waals surface area (Å²) in [5.74, 6) is -0.208. The van der Waals surface area contributed by atoms with Crippen LogP contribution in [0.25, 0.3) is 11.2 Å². The lowest BCUT2D eigenvalue weighted by Crippen LogP contribution is -2.33. The molecule has 15 heteroatoms. The number of carboxylic acid groups (broad SMARTS) is 1. The smallest absolute Gasteiger partial charge is 0.435 e. The van der Waals surface area contributed by atoms with Gasteiger partial charge >= 0.3 is 13.3 Å². The number of fused-ring (bicyclic) bond motifs is 1. The van der Waals surface area contributed by atoms with Crippen LogP contribution < -0.4 is 11.3 Å². The van der Waals surface area contributed by atoms with Crippen molar-refractivity contribution in [3.05, 3.63) is 16.7 Å². The molecule has 0 bridgehead atoms. The molecule has 2 unspecified atom stereocenters. The van der Waals surface area contributed by atoms with Gasteiger partial charge in [-0.25, -0.2) is 14.3 Å². The number of hydrogen-bond donors (Lipinski definition) is 6. The quantitative estimate of drug-likeness (QED) is 0.311. The molecule has 0 amide bonds. The van der Waals surface area contributed by atoms with Gasteiger partial charge < -0.3 is 30.7 Å². The van der Waals surface area contributed by atoms with E-state index in [0.29, 0.717) is 0 Å². The Morgan fingerprint density at radius 1 is 1.46 bits per heavy atom. The number of anilines is 1. The van der Waals surface area contributed by atoms with Gasteiger partial charge in [0.25, 0.3) is 5.56 Å². The van der Waals surface area contributed by atoms with E-state index in [1.807, 2.05) is 0 Å². The summed E-state index contributed by atoms with van der Waals surface area (Å²) in [4.78, 5) is 41.4. The van der Waals surface area contributed by atoms with Crippen molar-refractivity contribution in [3.8, 4) is 0 Å². The summed E-state index contributed by atoms with van der Waals surface area (Å²) in [5, 5.41) is 28.7. The van der Waals surface area contributed by atoms with Crippen LogP contribution in [-0.4, -0.2) is 70.4 Å². The highest BCUT2D eigenvalue weighted by atomic mass is 31.2. The first-order valence-corrected chi connectivity index (χ1v) is 8.64. The third-order valence-corrected chi connectivity index (χ3v) is 4.70. The van der Waals surface area contributed by atoms with Crippen LogP contribution >= 0.6 is 7.60 Å². The lowest BCUT2D eigenvalue weighted by atomic mass is 10.1. The van der Waals surface area contributed by atoms with Gasteiger partial charge in [-0.3, -0.25) is 18.9 Å². The number of aliphatic hydroxyl groups excluding tert-OH is 2. The molecular weight excluding hydrogens is 377 g/mol. The number of nitrogens with zero attached hydrogens (tertiary/aromatic N) is 3. The molecule has 3 heterocycles. The topological polar surface area (TPSA) is 223 Å². The van der Waals surface area contributed by atoms with E-state index in [2.05, 4.69) is 19.5 Å². The molecule has 0 aliphatic carbocycles. The Kier molecular flexibility index (Phi) is 4.56. The summed E-state index contributed by atoms with van der Waals surface area (Å²) in [6, 6.07) is 0. The second-order valence-corrected chi connectivity index (χ2v) is 7.10. The molecule has 0 aromatic carbocycles. The van der Waals surface area contributed by atoms with E-state index in [1.54, 1.807) is 0 Å². The van der Waals surface area contributed by atoms with Crippen molar-refractivity contribution in [1.82, 2.24) is 19.5 Å². The van der Waals surface area contributed by atoms with E-state index in [1.165, 1.54) is 0 Å². The van der Waals surface area contributed by atoms with Crippen LogP contribution in [0.4, 0.5) is 10.7 Å². The Hall–Kier alpha value is -2.35. The molecule has 7 N–H and O–H groups in total. The third-order valence-electron chi connectivity index (χ3n) is 3.72. The van der Waals surface area contributed by atoms with Gasteiger partial charge in [-0.05, 0) is 0 Å². The number of ether oxygens (including phenoxy) is 1. The van der Waals surface area contributed by atoms with E-state index in [-0.39, 0.29) is 17.1 Å². The second-order valence-electron chi connectivity index (χ2n) is 5.42. The molecule has 0 radical (unpaired) electrons. The minimum atomic E-state index is -4.94. The summed E-state index contributed by atoms with van der Waals surface area (Å²) < 4.78 is 22.2. The van der Waals surface area contributed by atoms with Crippen molar-refractivity contribution in [2.45, 2.75) is 24.5 Å². The van der Waals surface area contributed by atoms with Crippen LogP contribution in [0.5, 0.6) is 0 Å². The van der Waals surface area contributed by atoms with Gasteiger partial charge in [-0.15, -0.1) is 0 Å². The van der Waals surface area contributed by atoms with Gasteiger partial charge in [0.1, 0.15) is 18.3 Å². The maximum atomic E-state index is 11.8. The summed E-state index contributed by atoms with van der Waals surface area (Å²) in [7, 11) is -4.94. The minimum Gasteiger partial charge on any atom is -0.472 e. The van der Waals surface area contributed by atoms with Gasteiger partial charge in [-0.1, -0.05) is 0 Å². The fourth-order valence-electron chi connectivity index (χ4n) is 2.46. The van der Waals surface area contributed by atoms with E-state index in [4.69, 9.17) is 20.5 Å². The standard InChI is InChI=1S/C11H14N5O9P/c12-10-14-7-4(8(19)15-10)13-2-16(7)9-6(18)5(17)3(25-9)1-24-26(22,23)11(20)21/h2-3,5-6,9,17-18H,1H2,(H,20,21)(H,22,23)(H3,12,14,15,19)/t3-,5-,6-,9?/m1/s1. The zero-order valence-corrected chi connectivity index (χ0v) is 13.7. The third kappa shape index (κ3) is 3.09. The van der Waals surface area contributed by atoms with Crippen LogP contribution in [-0.2, 0) is 13.8 Å². The summed E-state index contributed by atoms with van der Waals surface area (Å²) >= 11 is 0. The Bertz CT molecular complexity index is 957. The van der Waals surface area contributed by atoms with Crippen molar-refractivity contribution in [2.75, 3.05) is 12.3 Å². The number of carbonyl (C=O) groups is 1. The second kappa shape index (κ2) is 6.42. The van der Waals surface area contributed by atoms with Crippen molar-refractivity contribution in [2.24, 2.45) is 0 Å². The molecule has 1 aliphatic heterocycles.